The van der Waals surface area contributed by atoms with Gasteiger partial charge in [-0.25, -0.2) is 9.97 Å². The second-order valence-corrected chi connectivity index (χ2v) is 4.81. The maximum absolute atomic E-state index is 6.00. The van der Waals surface area contributed by atoms with Gasteiger partial charge in [-0.15, -0.1) is 0 Å². The Hall–Kier alpha value is -1.65. The molecule has 1 aromatic carbocycles. The summed E-state index contributed by atoms with van der Waals surface area (Å²) in [4.78, 5) is 7.94. The zero-order valence-corrected chi connectivity index (χ0v) is 11.7. The van der Waals surface area contributed by atoms with Crippen LogP contribution >= 0.6 is 11.6 Å². The molecule has 0 fully saturated rings. The molecule has 0 aliphatic carbocycles. The highest BCUT2D eigenvalue weighted by Gasteiger charge is 2.03. The molecule has 0 amide bonds. The van der Waals surface area contributed by atoms with Crippen molar-refractivity contribution in [2.45, 2.75) is 26.6 Å². The van der Waals surface area contributed by atoms with Crippen LogP contribution in [0.4, 0.5) is 11.5 Å². The lowest BCUT2D eigenvalue weighted by Gasteiger charge is -2.10. The van der Waals surface area contributed by atoms with Crippen LogP contribution in [0.3, 0.4) is 0 Å². The minimum Gasteiger partial charge on any atom is -0.374 e. The smallest absolute Gasteiger partial charge is 0.152 e. The molecule has 2 aromatic rings. The van der Waals surface area contributed by atoms with Gasteiger partial charge in [0.2, 0.25) is 0 Å². The van der Waals surface area contributed by atoms with Crippen LogP contribution in [0.1, 0.15) is 19.4 Å². The third-order valence-electron chi connectivity index (χ3n) is 2.44. The van der Waals surface area contributed by atoms with Crippen LogP contribution < -0.4 is 5.32 Å². The molecular weight excluding hydrogens is 262 g/mol. The summed E-state index contributed by atoms with van der Waals surface area (Å²) in [7, 11) is 0. The van der Waals surface area contributed by atoms with E-state index in [1.807, 2.05) is 38.1 Å². The Kier molecular flexibility index (Phi) is 4.71. The van der Waals surface area contributed by atoms with Crippen LogP contribution in [0.5, 0.6) is 0 Å². The average molecular weight is 278 g/mol. The maximum Gasteiger partial charge on any atom is 0.152 e. The quantitative estimate of drug-likeness (QED) is 0.903. The second-order valence-electron chi connectivity index (χ2n) is 4.40. The summed E-state index contributed by atoms with van der Waals surface area (Å²) in [6, 6.07) is 7.96. The van der Waals surface area contributed by atoms with Gasteiger partial charge < -0.3 is 10.1 Å². The van der Waals surface area contributed by atoms with Gasteiger partial charge in [0.15, 0.2) is 5.82 Å². The lowest BCUT2D eigenvalue weighted by molar-refractivity contribution is 0.0657. The van der Waals surface area contributed by atoms with E-state index in [0.29, 0.717) is 17.4 Å². The summed E-state index contributed by atoms with van der Waals surface area (Å²) in [6.07, 6.45) is 3.23. The van der Waals surface area contributed by atoms with Gasteiger partial charge in [0.25, 0.3) is 0 Å². The van der Waals surface area contributed by atoms with Crippen LogP contribution in [-0.2, 0) is 11.3 Å². The molecule has 0 unspecified atom stereocenters. The summed E-state index contributed by atoms with van der Waals surface area (Å²) in [5, 5.41) is 3.65. The maximum atomic E-state index is 6.00. The molecule has 1 heterocycles. The fraction of sp³-hybridized carbons (Fsp3) is 0.286. The monoisotopic (exact) mass is 277 g/mol. The van der Waals surface area contributed by atoms with Crippen molar-refractivity contribution in [1.82, 2.24) is 9.97 Å². The number of nitrogens with zero attached hydrogens (tertiary/aromatic N) is 2. The highest BCUT2D eigenvalue weighted by molar-refractivity contribution is 6.32. The van der Waals surface area contributed by atoms with Gasteiger partial charge in [-0.3, -0.25) is 0 Å². The van der Waals surface area contributed by atoms with E-state index < -0.39 is 0 Å². The molecule has 5 heteroatoms. The predicted octanol–water partition coefficient (Wildman–Crippen LogP) is 3.80. The number of hydrogen-bond acceptors (Lipinski definition) is 4. The first-order valence-corrected chi connectivity index (χ1v) is 6.46. The first-order valence-electron chi connectivity index (χ1n) is 6.08. The van der Waals surface area contributed by atoms with Crippen LogP contribution in [0.25, 0.3) is 0 Å². The minimum absolute atomic E-state index is 0.216. The highest BCUT2D eigenvalue weighted by atomic mass is 35.5. The predicted molar refractivity (Wildman–Crippen MR) is 76.7 cm³/mol. The summed E-state index contributed by atoms with van der Waals surface area (Å²) in [5.41, 5.74) is 2.02. The van der Waals surface area contributed by atoms with Crippen molar-refractivity contribution in [2.75, 3.05) is 5.32 Å². The fourth-order valence-electron chi connectivity index (χ4n) is 1.54. The molecule has 2 rings (SSSR count). The van der Waals surface area contributed by atoms with Gasteiger partial charge in [-0.2, -0.15) is 0 Å². The first-order chi connectivity index (χ1) is 9.15. The molecule has 0 bridgehead atoms. The van der Waals surface area contributed by atoms with Crippen LogP contribution in [0.2, 0.25) is 5.02 Å². The van der Waals surface area contributed by atoms with E-state index >= 15 is 0 Å². The van der Waals surface area contributed by atoms with Crippen LogP contribution in [0.15, 0.2) is 36.8 Å². The minimum atomic E-state index is 0.216. The Morgan fingerprint density at radius 3 is 2.95 bits per heavy atom. The van der Waals surface area contributed by atoms with Crippen LogP contribution in [-0.4, -0.2) is 16.1 Å². The molecule has 1 N–H and O–H groups in total. The van der Waals surface area contributed by atoms with E-state index in [-0.39, 0.29) is 6.10 Å². The first kappa shape index (κ1) is 13.8. The van der Waals surface area contributed by atoms with Crippen molar-refractivity contribution in [3.8, 4) is 0 Å². The van der Waals surface area contributed by atoms with Crippen LogP contribution in [0, 0.1) is 0 Å². The molecule has 0 aliphatic heterocycles. The molecular formula is C14H16ClN3O. The average Bonchev–Trinajstić information content (AvgIpc) is 2.40. The Labute approximate surface area is 117 Å². The normalized spacial score (nSPS) is 10.7. The number of ether oxygens (including phenoxy) is 1. The molecule has 0 atom stereocenters. The fourth-order valence-corrected chi connectivity index (χ4v) is 1.70. The number of rotatable bonds is 5. The summed E-state index contributed by atoms with van der Waals surface area (Å²) in [5.74, 6) is 0.596. The van der Waals surface area contributed by atoms with Gasteiger partial charge in [0.05, 0.1) is 18.9 Å². The van der Waals surface area contributed by atoms with E-state index in [4.69, 9.17) is 16.3 Å². The molecule has 1 aromatic heterocycles. The highest BCUT2D eigenvalue weighted by Crippen LogP contribution is 2.22. The third kappa shape index (κ3) is 4.19. The Bertz CT molecular complexity index is 546. The molecule has 0 aliphatic rings. The van der Waals surface area contributed by atoms with E-state index in [1.54, 1.807) is 6.20 Å². The topological polar surface area (TPSA) is 47.0 Å². The van der Waals surface area contributed by atoms with Crippen molar-refractivity contribution in [2.24, 2.45) is 0 Å². The molecule has 4 nitrogen and oxygen atoms in total. The Morgan fingerprint density at radius 2 is 2.21 bits per heavy atom. The van der Waals surface area contributed by atoms with Gasteiger partial charge in [0, 0.05) is 5.69 Å². The lowest BCUT2D eigenvalue weighted by atomic mass is 10.2. The zero-order chi connectivity index (χ0) is 13.7. The van der Waals surface area contributed by atoms with E-state index in [1.165, 1.54) is 6.33 Å². The second kappa shape index (κ2) is 6.50. The molecule has 0 radical (unpaired) electrons. The van der Waals surface area contributed by atoms with E-state index in [0.717, 1.165) is 11.3 Å². The standard InChI is InChI=1S/C14H16ClN3O/c1-10(2)19-8-11-4-3-5-12(6-11)18-14-13(15)7-16-9-17-14/h3-7,9-10H,8H2,1-2H3,(H,16,17,18). The molecule has 0 saturated carbocycles. The number of nitrogens with one attached hydrogen (secondary N) is 1. The van der Waals surface area contributed by atoms with Crippen molar-refractivity contribution >= 4 is 23.1 Å². The SMILES string of the molecule is CC(C)OCc1cccc(Nc2ncncc2Cl)c1. The summed E-state index contributed by atoms with van der Waals surface area (Å²) < 4.78 is 5.58. The van der Waals surface area contributed by atoms with Gasteiger partial charge in [0.1, 0.15) is 11.3 Å². The summed E-state index contributed by atoms with van der Waals surface area (Å²) >= 11 is 6.00. The molecule has 0 spiro atoms. The Balaban J connectivity index is 2.09. The van der Waals surface area contributed by atoms with Gasteiger partial charge >= 0.3 is 0 Å². The van der Waals surface area contributed by atoms with Crippen molar-refractivity contribution in [1.29, 1.82) is 0 Å². The van der Waals surface area contributed by atoms with Crippen molar-refractivity contribution in [3.63, 3.8) is 0 Å². The number of hydrogen-bond donors (Lipinski definition) is 1. The molecule has 19 heavy (non-hydrogen) atoms. The number of aromatic nitrogens is 2. The zero-order valence-electron chi connectivity index (χ0n) is 10.9. The number of benzene rings is 1. The van der Waals surface area contributed by atoms with Crippen molar-refractivity contribution in [3.05, 3.63) is 47.4 Å². The van der Waals surface area contributed by atoms with E-state index in [2.05, 4.69) is 15.3 Å². The molecule has 100 valence electrons. The van der Waals surface area contributed by atoms with Gasteiger partial charge in [-0.05, 0) is 31.5 Å². The largest absolute Gasteiger partial charge is 0.374 e. The number of anilines is 2. The summed E-state index contributed by atoms with van der Waals surface area (Å²) in [6.45, 7) is 4.62. The van der Waals surface area contributed by atoms with Crippen molar-refractivity contribution < 1.29 is 4.74 Å². The number of halogens is 1. The molecule has 0 saturated heterocycles. The van der Waals surface area contributed by atoms with Gasteiger partial charge in [-0.1, -0.05) is 23.7 Å². The Morgan fingerprint density at radius 1 is 1.37 bits per heavy atom. The van der Waals surface area contributed by atoms with E-state index in [9.17, 15) is 0 Å². The lowest BCUT2D eigenvalue weighted by Crippen LogP contribution is -2.02. The third-order valence-corrected chi connectivity index (χ3v) is 2.72.